The van der Waals surface area contributed by atoms with E-state index in [-0.39, 0.29) is 5.91 Å². The number of nitrogens with zero attached hydrogens (tertiary/aromatic N) is 3. The Morgan fingerprint density at radius 3 is 2.64 bits per heavy atom. The normalized spacial score (nSPS) is 10.8. The first-order valence-corrected chi connectivity index (χ1v) is 9.06. The van der Waals surface area contributed by atoms with Crippen molar-refractivity contribution in [2.24, 2.45) is 0 Å². The van der Waals surface area contributed by atoms with Gasteiger partial charge in [0, 0.05) is 23.7 Å². The van der Waals surface area contributed by atoms with E-state index in [1.165, 1.54) is 0 Å². The van der Waals surface area contributed by atoms with Crippen molar-refractivity contribution in [3.63, 3.8) is 0 Å². The van der Waals surface area contributed by atoms with E-state index in [0.717, 1.165) is 22.4 Å². The molecular formula is C22H20N4O2. The molecule has 0 aliphatic rings. The molecule has 4 aromatic rings. The highest BCUT2D eigenvalue weighted by Gasteiger charge is 2.10. The Kier molecular flexibility index (Phi) is 5.01. The molecule has 0 aliphatic heterocycles. The van der Waals surface area contributed by atoms with Gasteiger partial charge in [-0.15, -0.1) is 5.10 Å². The number of para-hydroxylation sites is 1. The zero-order valence-electron chi connectivity index (χ0n) is 15.5. The van der Waals surface area contributed by atoms with E-state index < -0.39 is 0 Å². The third kappa shape index (κ3) is 3.86. The lowest BCUT2D eigenvalue weighted by molar-refractivity contribution is -0.116. The van der Waals surface area contributed by atoms with Gasteiger partial charge in [-0.2, -0.15) is 4.98 Å². The Labute approximate surface area is 162 Å². The van der Waals surface area contributed by atoms with Crippen LogP contribution in [0.15, 0.2) is 72.9 Å². The number of hydrogen-bond acceptors (Lipinski definition) is 4. The smallest absolute Gasteiger partial charge is 0.249 e. The molecule has 0 saturated carbocycles. The largest absolute Gasteiger partial charge is 0.496 e. The van der Waals surface area contributed by atoms with Gasteiger partial charge in [0.25, 0.3) is 0 Å². The SMILES string of the molecule is COc1ccccc1-c1ccc2nc(NC(=O)CCc3ccccc3)nn2c1. The van der Waals surface area contributed by atoms with Crippen LogP contribution in [0.25, 0.3) is 16.8 Å². The summed E-state index contributed by atoms with van der Waals surface area (Å²) in [6.45, 7) is 0. The fourth-order valence-electron chi connectivity index (χ4n) is 3.07. The highest BCUT2D eigenvalue weighted by molar-refractivity contribution is 5.89. The number of pyridine rings is 1. The highest BCUT2D eigenvalue weighted by Crippen LogP contribution is 2.29. The van der Waals surface area contributed by atoms with Crippen LogP contribution in [-0.2, 0) is 11.2 Å². The van der Waals surface area contributed by atoms with E-state index in [1.807, 2.05) is 72.9 Å². The second-order valence-corrected chi connectivity index (χ2v) is 6.39. The summed E-state index contributed by atoms with van der Waals surface area (Å²) in [6, 6.07) is 21.5. The summed E-state index contributed by atoms with van der Waals surface area (Å²) in [5.41, 5.74) is 3.71. The molecule has 0 saturated heterocycles. The Bertz CT molecular complexity index is 1110. The molecule has 0 radical (unpaired) electrons. The molecule has 2 heterocycles. The molecule has 0 bridgehead atoms. The third-order valence-electron chi connectivity index (χ3n) is 4.48. The van der Waals surface area contributed by atoms with Crippen molar-refractivity contribution in [1.82, 2.24) is 14.6 Å². The van der Waals surface area contributed by atoms with Crippen LogP contribution in [0, 0.1) is 0 Å². The van der Waals surface area contributed by atoms with E-state index in [1.54, 1.807) is 11.6 Å². The van der Waals surface area contributed by atoms with Crippen molar-refractivity contribution in [1.29, 1.82) is 0 Å². The van der Waals surface area contributed by atoms with Crippen molar-refractivity contribution in [3.05, 3.63) is 78.5 Å². The third-order valence-corrected chi connectivity index (χ3v) is 4.48. The minimum absolute atomic E-state index is 0.107. The van der Waals surface area contributed by atoms with Gasteiger partial charge in [0.1, 0.15) is 5.75 Å². The maximum Gasteiger partial charge on any atom is 0.249 e. The molecule has 0 aliphatic carbocycles. The van der Waals surface area contributed by atoms with Gasteiger partial charge in [-0.1, -0.05) is 48.5 Å². The van der Waals surface area contributed by atoms with Crippen molar-refractivity contribution in [2.45, 2.75) is 12.8 Å². The van der Waals surface area contributed by atoms with Crippen molar-refractivity contribution >= 4 is 17.5 Å². The molecule has 140 valence electrons. The van der Waals surface area contributed by atoms with E-state index in [4.69, 9.17) is 4.74 Å². The number of aromatic nitrogens is 3. The van der Waals surface area contributed by atoms with Crippen LogP contribution in [0.4, 0.5) is 5.95 Å². The maximum absolute atomic E-state index is 12.2. The van der Waals surface area contributed by atoms with Crippen LogP contribution in [-0.4, -0.2) is 27.6 Å². The molecule has 4 rings (SSSR count). The summed E-state index contributed by atoms with van der Waals surface area (Å²) in [5.74, 6) is 0.983. The van der Waals surface area contributed by atoms with E-state index in [2.05, 4.69) is 15.4 Å². The molecule has 2 aromatic carbocycles. The summed E-state index contributed by atoms with van der Waals surface area (Å²) in [7, 11) is 1.65. The van der Waals surface area contributed by atoms with Crippen molar-refractivity contribution in [2.75, 3.05) is 12.4 Å². The summed E-state index contributed by atoms with van der Waals surface area (Å²) < 4.78 is 7.09. The number of amides is 1. The van der Waals surface area contributed by atoms with Gasteiger partial charge in [0.05, 0.1) is 7.11 Å². The minimum Gasteiger partial charge on any atom is -0.496 e. The van der Waals surface area contributed by atoms with Gasteiger partial charge in [0.15, 0.2) is 5.65 Å². The number of carbonyl (C=O) groups excluding carboxylic acids is 1. The number of methoxy groups -OCH3 is 1. The average molecular weight is 372 g/mol. The lowest BCUT2D eigenvalue weighted by atomic mass is 10.1. The van der Waals surface area contributed by atoms with E-state index in [9.17, 15) is 4.79 Å². The number of aryl methyl sites for hydroxylation is 1. The summed E-state index contributed by atoms with van der Waals surface area (Å²) in [5, 5.41) is 7.16. The molecule has 2 aromatic heterocycles. The molecule has 0 unspecified atom stereocenters. The van der Waals surface area contributed by atoms with Gasteiger partial charge in [-0.05, 0) is 30.2 Å². The summed E-state index contributed by atoms with van der Waals surface area (Å²) in [6.07, 6.45) is 2.93. The van der Waals surface area contributed by atoms with Crippen LogP contribution in [0.1, 0.15) is 12.0 Å². The first-order valence-electron chi connectivity index (χ1n) is 9.06. The molecule has 0 atom stereocenters. The van der Waals surface area contributed by atoms with Crippen molar-refractivity contribution < 1.29 is 9.53 Å². The number of hydrogen-bond donors (Lipinski definition) is 1. The van der Waals surface area contributed by atoms with E-state index >= 15 is 0 Å². The quantitative estimate of drug-likeness (QED) is 0.556. The molecule has 1 N–H and O–H groups in total. The lowest BCUT2D eigenvalue weighted by Gasteiger charge is -2.08. The predicted octanol–water partition coefficient (Wildman–Crippen LogP) is 3.98. The fourth-order valence-corrected chi connectivity index (χ4v) is 3.07. The number of rotatable bonds is 6. The molecule has 28 heavy (non-hydrogen) atoms. The first kappa shape index (κ1) is 17.7. The summed E-state index contributed by atoms with van der Waals surface area (Å²) >= 11 is 0. The van der Waals surface area contributed by atoms with Crippen LogP contribution >= 0.6 is 0 Å². The second-order valence-electron chi connectivity index (χ2n) is 6.39. The molecule has 6 nitrogen and oxygen atoms in total. The molecule has 1 amide bonds. The minimum atomic E-state index is -0.107. The number of anilines is 1. The van der Waals surface area contributed by atoms with Crippen LogP contribution < -0.4 is 10.1 Å². The zero-order valence-corrected chi connectivity index (χ0v) is 15.5. The predicted molar refractivity (Wildman–Crippen MR) is 108 cm³/mol. The zero-order chi connectivity index (χ0) is 19.3. The number of nitrogens with one attached hydrogen (secondary N) is 1. The van der Waals surface area contributed by atoms with Crippen LogP contribution in [0.2, 0.25) is 0 Å². The van der Waals surface area contributed by atoms with Gasteiger partial charge in [-0.3, -0.25) is 10.1 Å². The molecular weight excluding hydrogens is 352 g/mol. The van der Waals surface area contributed by atoms with Gasteiger partial charge in [-0.25, -0.2) is 4.52 Å². The first-order chi connectivity index (χ1) is 13.7. The van der Waals surface area contributed by atoms with Crippen LogP contribution in [0.5, 0.6) is 5.75 Å². The monoisotopic (exact) mass is 372 g/mol. The number of benzene rings is 2. The van der Waals surface area contributed by atoms with Gasteiger partial charge >= 0.3 is 0 Å². The molecule has 6 heteroatoms. The van der Waals surface area contributed by atoms with Crippen LogP contribution in [0.3, 0.4) is 0 Å². The second kappa shape index (κ2) is 7.92. The molecule has 0 spiro atoms. The Balaban J connectivity index is 1.49. The standard InChI is InChI=1S/C22H20N4O2/c1-28-19-10-6-5-9-18(19)17-12-13-20-23-22(25-26(20)15-17)24-21(27)14-11-16-7-3-2-4-8-16/h2-10,12-13,15H,11,14H2,1H3,(H,24,25,27). The van der Waals surface area contributed by atoms with Gasteiger partial charge < -0.3 is 4.74 Å². The Morgan fingerprint density at radius 2 is 1.82 bits per heavy atom. The lowest BCUT2D eigenvalue weighted by Crippen LogP contribution is -2.13. The summed E-state index contributed by atoms with van der Waals surface area (Å²) in [4.78, 5) is 16.6. The average Bonchev–Trinajstić information content (AvgIpc) is 3.14. The highest BCUT2D eigenvalue weighted by atomic mass is 16.5. The Hall–Kier alpha value is -3.67. The fraction of sp³-hybridized carbons (Fsp3) is 0.136. The number of fused-ring (bicyclic) bond motifs is 1. The number of ether oxygens (including phenoxy) is 1. The molecule has 0 fully saturated rings. The van der Waals surface area contributed by atoms with E-state index in [0.29, 0.717) is 24.4 Å². The maximum atomic E-state index is 12.2. The topological polar surface area (TPSA) is 68.5 Å². The number of carbonyl (C=O) groups is 1. The van der Waals surface area contributed by atoms with Gasteiger partial charge in [0.2, 0.25) is 11.9 Å². The Morgan fingerprint density at radius 1 is 1.04 bits per heavy atom. The van der Waals surface area contributed by atoms with Crippen molar-refractivity contribution in [3.8, 4) is 16.9 Å².